The summed E-state index contributed by atoms with van der Waals surface area (Å²) in [5.41, 5.74) is 0.715. The zero-order valence-electron chi connectivity index (χ0n) is 13.0. The van der Waals surface area contributed by atoms with Gasteiger partial charge in [-0.3, -0.25) is 14.5 Å². The molecule has 1 heterocycles. The van der Waals surface area contributed by atoms with Crippen molar-refractivity contribution >= 4 is 11.8 Å². The van der Waals surface area contributed by atoms with Crippen LogP contribution in [0.2, 0.25) is 0 Å². The summed E-state index contributed by atoms with van der Waals surface area (Å²) in [6, 6.07) is 9.12. The highest BCUT2D eigenvalue weighted by Gasteiger charge is 2.27. The van der Waals surface area contributed by atoms with Gasteiger partial charge in [-0.15, -0.1) is 6.58 Å². The summed E-state index contributed by atoms with van der Waals surface area (Å²) in [5, 5.41) is 2.81. The largest absolute Gasteiger partial charge is 0.351 e. The van der Waals surface area contributed by atoms with E-state index in [9.17, 15) is 9.59 Å². The number of piperazine rings is 1. The van der Waals surface area contributed by atoms with Gasteiger partial charge < -0.3 is 10.2 Å². The normalized spacial score (nSPS) is 16.9. The predicted molar refractivity (Wildman–Crippen MR) is 86.6 cm³/mol. The van der Waals surface area contributed by atoms with Crippen LogP contribution in [-0.4, -0.2) is 60.4 Å². The Labute approximate surface area is 131 Å². The molecule has 1 saturated heterocycles. The van der Waals surface area contributed by atoms with E-state index < -0.39 is 0 Å². The topological polar surface area (TPSA) is 52.7 Å². The number of hydrogen-bond donors (Lipinski definition) is 1. The van der Waals surface area contributed by atoms with Crippen molar-refractivity contribution in [2.24, 2.45) is 0 Å². The molecule has 2 rings (SSSR count). The van der Waals surface area contributed by atoms with Gasteiger partial charge in [-0.05, 0) is 19.1 Å². The summed E-state index contributed by atoms with van der Waals surface area (Å²) in [7, 11) is 0. The van der Waals surface area contributed by atoms with E-state index in [1.807, 2.05) is 42.2 Å². The van der Waals surface area contributed by atoms with Gasteiger partial charge in [0.15, 0.2) is 0 Å². The van der Waals surface area contributed by atoms with Crippen LogP contribution >= 0.6 is 0 Å². The van der Waals surface area contributed by atoms with Crippen LogP contribution in [0.3, 0.4) is 0 Å². The molecule has 1 N–H and O–H groups in total. The number of benzene rings is 1. The smallest absolute Gasteiger partial charge is 0.253 e. The molecule has 1 aromatic carbocycles. The zero-order chi connectivity index (χ0) is 15.9. The second kappa shape index (κ2) is 7.75. The zero-order valence-corrected chi connectivity index (χ0v) is 13.0. The fourth-order valence-electron chi connectivity index (χ4n) is 2.56. The van der Waals surface area contributed by atoms with Gasteiger partial charge in [0.25, 0.3) is 5.91 Å². The van der Waals surface area contributed by atoms with Crippen molar-refractivity contribution in [3.8, 4) is 0 Å². The third kappa shape index (κ3) is 3.95. The molecule has 22 heavy (non-hydrogen) atoms. The summed E-state index contributed by atoms with van der Waals surface area (Å²) < 4.78 is 0. The van der Waals surface area contributed by atoms with Gasteiger partial charge in [0.1, 0.15) is 0 Å². The van der Waals surface area contributed by atoms with Crippen molar-refractivity contribution < 1.29 is 9.59 Å². The number of carbonyl (C=O) groups excluding carboxylic acids is 2. The van der Waals surface area contributed by atoms with Crippen LogP contribution in [0.5, 0.6) is 0 Å². The molecule has 0 radical (unpaired) electrons. The molecular weight excluding hydrogens is 278 g/mol. The lowest BCUT2D eigenvalue weighted by Crippen LogP contribution is -2.55. The molecule has 0 spiro atoms. The lowest BCUT2D eigenvalue weighted by atomic mass is 10.1. The van der Waals surface area contributed by atoms with Crippen molar-refractivity contribution in [3.05, 3.63) is 48.6 Å². The van der Waals surface area contributed by atoms with Gasteiger partial charge in [0, 0.05) is 38.3 Å². The maximum Gasteiger partial charge on any atom is 0.253 e. The fourth-order valence-corrected chi connectivity index (χ4v) is 2.56. The number of rotatable bonds is 5. The maximum atomic E-state index is 12.4. The minimum atomic E-state index is -0.186. The fraction of sp³-hybridized carbons (Fsp3) is 0.412. The van der Waals surface area contributed by atoms with E-state index in [4.69, 9.17) is 0 Å². The third-order valence-corrected chi connectivity index (χ3v) is 3.97. The van der Waals surface area contributed by atoms with Gasteiger partial charge in [-0.25, -0.2) is 0 Å². The van der Waals surface area contributed by atoms with Crippen LogP contribution in [0.25, 0.3) is 0 Å². The summed E-state index contributed by atoms with van der Waals surface area (Å²) in [4.78, 5) is 28.3. The Morgan fingerprint density at radius 2 is 1.86 bits per heavy atom. The molecule has 1 aliphatic heterocycles. The molecule has 0 unspecified atom stereocenters. The number of nitrogens with zero attached hydrogens (tertiary/aromatic N) is 2. The van der Waals surface area contributed by atoms with E-state index in [0.29, 0.717) is 38.3 Å². The minimum Gasteiger partial charge on any atom is -0.351 e. The monoisotopic (exact) mass is 301 g/mol. The minimum absolute atomic E-state index is 0.00253. The lowest BCUT2D eigenvalue weighted by molar-refractivity contribution is -0.126. The van der Waals surface area contributed by atoms with Crippen molar-refractivity contribution in [1.29, 1.82) is 0 Å². The molecule has 0 bridgehead atoms. The van der Waals surface area contributed by atoms with E-state index in [1.54, 1.807) is 6.08 Å². The van der Waals surface area contributed by atoms with Crippen molar-refractivity contribution in [3.63, 3.8) is 0 Å². The molecule has 1 atom stereocenters. The van der Waals surface area contributed by atoms with E-state index in [-0.39, 0.29) is 17.9 Å². The predicted octanol–water partition coefficient (Wildman–Crippen LogP) is 1.14. The average molecular weight is 301 g/mol. The quantitative estimate of drug-likeness (QED) is 0.830. The van der Waals surface area contributed by atoms with Gasteiger partial charge in [-0.1, -0.05) is 24.3 Å². The second-order valence-electron chi connectivity index (χ2n) is 5.40. The Morgan fingerprint density at radius 1 is 1.23 bits per heavy atom. The van der Waals surface area contributed by atoms with Crippen LogP contribution < -0.4 is 5.32 Å². The molecule has 2 amide bonds. The van der Waals surface area contributed by atoms with Crippen molar-refractivity contribution in [2.75, 3.05) is 32.7 Å². The van der Waals surface area contributed by atoms with E-state index in [1.165, 1.54) is 0 Å². The first-order valence-electron chi connectivity index (χ1n) is 7.60. The van der Waals surface area contributed by atoms with Crippen molar-refractivity contribution in [2.45, 2.75) is 13.0 Å². The molecule has 1 aromatic rings. The Kier molecular flexibility index (Phi) is 5.72. The first-order valence-corrected chi connectivity index (χ1v) is 7.60. The maximum absolute atomic E-state index is 12.4. The van der Waals surface area contributed by atoms with Gasteiger partial charge in [0.05, 0.1) is 6.04 Å². The molecule has 0 aliphatic carbocycles. The molecule has 118 valence electrons. The first kappa shape index (κ1) is 16.2. The van der Waals surface area contributed by atoms with E-state index in [2.05, 4.69) is 16.8 Å². The highest BCUT2D eigenvalue weighted by Crippen LogP contribution is 2.10. The Morgan fingerprint density at radius 3 is 2.45 bits per heavy atom. The third-order valence-electron chi connectivity index (χ3n) is 3.97. The molecule has 5 heteroatoms. The molecule has 5 nitrogen and oxygen atoms in total. The number of amides is 2. The Hall–Kier alpha value is -2.14. The van der Waals surface area contributed by atoms with Crippen LogP contribution in [-0.2, 0) is 4.79 Å². The molecule has 0 saturated carbocycles. The second-order valence-corrected chi connectivity index (χ2v) is 5.40. The average Bonchev–Trinajstić information content (AvgIpc) is 2.59. The summed E-state index contributed by atoms with van der Waals surface area (Å²) in [5.74, 6) is 0.0618. The molecule has 1 aliphatic rings. The highest BCUT2D eigenvalue weighted by molar-refractivity contribution is 5.94. The van der Waals surface area contributed by atoms with Crippen LogP contribution in [0.15, 0.2) is 43.0 Å². The lowest BCUT2D eigenvalue weighted by Gasteiger charge is -2.37. The van der Waals surface area contributed by atoms with Crippen LogP contribution in [0.1, 0.15) is 17.3 Å². The van der Waals surface area contributed by atoms with Gasteiger partial charge >= 0.3 is 0 Å². The summed E-state index contributed by atoms with van der Waals surface area (Å²) in [6.07, 6.45) is 1.67. The van der Waals surface area contributed by atoms with E-state index in [0.717, 1.165) is 0 Å². The Balaban J connectivity index is 1.86. The SMILES string of the molecule is C=CCNC(=O)[C@@H](C)N1CCN(C(=O)c2ccccc2)CC1. The number of nitrogens with one attached hydrogen (secondary N) is 1. The van der Waals surface area contributed by atoms with Gasteiger partial charge in [0.2, 0.25) is 5.91 Å². The molecular formula is C17H23N3O2. The van der Waals surface area contributed by atoms with Crippen molar-refractivity contribution in [1.82, 2.24) is 15.1 Å². The van der Waals surface area contributed by atoms with Crippen LogP contribution in [0.4, 0.5) is 0 Å². The standard InChI is InChI=1S/C17H23N3O2/c1-3-9-18-16(21)14(2)19-10-12-20(13-11-19)17(22)15-7-5-4-6-8-15/h3-8,14H,1,9-13H2,2H3,(H,18,21)/t14-/m1/s1. The van der Waals surface area contributed by atoms with E-state index >= 15 is 0 Å². The first-order chi connectivity index (χ1) is 10.6. The number of hydrogen-bond acceptors (Lipinski definition) is 3. The molecule has 0 aromatic heterocycles. The van der Waals surface area contributed by atoms with Gasteiger partial charge in [-0.2, -0.15) is 0 Å². The molecule has 1 fully saturated rings. The summed E-state index contributed by atoms with van der Waals surface area (Å²) >= 11 is 0. The highest BCUT2D eigenvalue weighted by atomic mass is 16.2. The Bertz CT molecular complexity index is 522. The number of carbonyl (C=O) groups is 2. The van der Waals surface area contributed by atoms with Crippen LogP contribution in [0, 0.1) is 0 Å². The summed E-state index contributed by atoms with van der Waals surface area (Å²) in [6.45, 7) is 8.68.